The Balaban J connectivity index is 1.43. The van der Waals surface area contributed by atoms with E-state index >= 15 is 0 Å². The lowest BCUT2D eigenvalue weighted by atomic mass is 9.33. The topological polar surface area (TPSA) is 26.3 Å². The average molecular weight is 525 g/mol. The number of fused-ring (bicyclic) bond motifs is 7. The van der Waals surface area contributed by atoms with Crippen molar-refractivity contribution in [2.24, 2.45) is 56.7 Å². The van der Waals surface area contributed by atoms with Gasteiger partial charge in [-0.25, -0.2) is 0 Å². The molecule has 38 heavy (non-hydrogen) atoms. The molecule has 0 spiro atoms. The molecule has 0 heterocycles. The molecule has 0 N–H and O–H groups in total. The van der Waals surface area contributed by atoms with Crippen LogP contribution in [0.3, 0.4) is 0 Å². The molecular weight excluding hydrogens is 464 g/mol. The molecule has 0 aromatic heterocycles. The predicted molar refractivity (Wildman–Crippen MR) is 159 cm³/mol. The second-order valence-electron chi connectivity index (χ2n) is 16.6. The SMILES string of the molecule is CCCCCC(=O)O[C@H]1CC[C@]2(C)[C@H]3CC=C4[C@@H]5[C@@H](C)[C@H](C)CC[C@]5(C)CC[C@@]4(C)[C@]3(C)CC[C@H]2C1(C)C. The Hall–Kier alpha value is -0.790. The van der Waals surface area contributed by atoms with E-state index in [9.17, 15) is 4.79 Å². The first-order valence-corrected chi connectivity index (χ1v) is 16.6. The van der Waals surface area contributed by atoms with Crippen molar-refractivity contribution >= 4 is 5.97 Å². The Morgan fingerprint density at radius 3 is 2.34 bits per heavy atom. The van der Waals surface area contributed by atoms with Crippen LogP contribution in [-0.2, 0) is 9.53 Å². The third-order valence-corrected chi connectivity index (χ3v) is 14.6. The second-order valence-corrected chi connectivity index (χ2v) is 16.6. The number of ether oxygens (including phenoxy) is 1. The first kappa shape index (κ1) is 28.7. The van der Waals surface area contributed by atoms with Gasteiger partial charge in [0.2, 0.25) is 0 Å². The van der Waals surface area contributed by atoms with Crippen LogP contribution in [0.25, 0.3) is 0 Å². The van der Waals surface area contributed by atoms with Gasteiger partial charge < -0.3 is 4.74 Å². The van der Waals surface area contributed by atoms with Crippen molar-refractivity contribution in [2.75, 3.05) is 0 Å². The molecule has 5 rings (SSSR count). The van der Waals surface area contributed by atoms with E-state index in [2.05, 4.69) is 68.4 Å². The van der Waals surface area contributed by atoms with Gasteiger partial charge in [-0.05, 0) is 115 Å². The minimum absolute atomic E-state index is 0.0398. The van der Waals surface area contributed by atoms with Crippen LogP contribution in [0.5, 0.6) is 0 Å². The summed E-state index contributed by atoms with van der Waals surface area (Å²) < 4.78 is 6.26. The van der Waals surface area contributed by atoms with Gasteiger partial charge in [0, 0.05) is 11.8 Å². The van der Waals surface area contributed by atoms with Crippen LogP contribution in [0.1, 0.15) is 146 Å². The Morgan fingerprint density at radius 1 is 0.895 bits per heavy atom. The molecule has 0 aromatic carbocycles. The van der Waals surface area contributed by atoms with Gasteiger partial charge in [0.25, 0.3) is 0 Å². The van der Waals surface area contributed by atoms with Crippen molar-refractivity contribution in [3.63, 3.8) is 0 Å². The van der Waals surface area contributed by atoms with E-state index in [0.717, 1.165) is 49.4 Å². The smallest absolute Gasteiger partial charge is 0.306 e. The number of carbonyl (C=O) groups excluding carboxylic acids is 1. The minimum atomic E-state index is 0.0398. The molecule has 0 aliphatic heterocycles. The molecule has 10 atom stereocenters. The molecule has 216 valence electrons. The van der Waals surface area contributed by atoms with Crippen molar-refractivity contribution < 1.29 is 9.53 Å². The number of carbonyl (C=O) groups is 1. The first-order chi connectivity index (χ1) is 17.7. The van der Waals surface area contributed by atoms with Gasteiger partial charge in [-0.1, -0.05) is 86.8 Å². The summed E-state index contributed by atoms with van der Waals surface area (Å²) in [4.78, 5) is 12.8. The maximum absolute atomic E-state index is 12.8. The summed E-state index contributed by atoms with van der Waals surface area (Å²) >= 11 is 0. The molecular formula is C36H60O2. The van der Waals surface area contributed by atoms with E-state index in [1.165, 1.54) is 51.4 Å². The molecule has 5 aliphatic rings. The van der Waals surface area contributed by atoms with Crippen molar-refractivity contribution in [3.8, 4) is 0 Å². The van der Waals surface area contributed by atoms with E-state index in [1.54, 1.807) is 0 Å². The lowest BCUT2D eigenvalue weighted by molar-refractivity contribution is -0.213. The molecule has 0 unspecified atom stereocenters. The van der Waals surface area contributed by atoms with Crippen LogP contribution < -0.4 is 0 Å². The summed E-state index contributed by atoms with van der Waals surface area (Å²) in [6, 6.07) is 0. The highest BCUT2D eigenvalue weighted by Crippen LogP contribution is 2.75. The van der Waals surface area contributed by atoms with Gasteiger partial charge in [-0.2, -0.15) is 0 Å². The lowest BCUT2D eigenvalue weighted by Crippen LogP contribution is -2.65. The number of esters is 1. The average Bonchev–Trinajstić information content (AvgIpc) is 2.84. The summed E-state index contributed by atoms with van der Waals surface area (Å²) in [7, 11) is 0. The molecule has 0 saturated heterocycles. The number of unbranched alkanes of at least 4 members (excludes halogenated alkanes) is 2. The van der Waals surface area contributed by atoms with Gasteiger partial charge in [0.1, 0.15) is 6.10 Å². The Kier molecular flexibility index (Phi) is 7.29. The quantitative estimate of drug-likeness (QED) is 0.203. The zero-order valence-electron chi connectivity index (χ0n) is 26.6. The van der Waals surface area contributed by atoms with E-state index in [0.29, 0.717) is 34.0 Å². The molecule has 2 nitrogen and oxygen atoms in total. The summed E-state index contributed by atoms with van der Waals surface area (Å²) in [5, 5.41) is 0. The lowest BCUT2D eigenvalue weighted by Gasteiger charge is -2.71. The van der Waals surface area contributed by atoms with Crippen LogP contribution in [0, 0.1) is 56.7 Å². The standard InChI is InChI=1S/C36H60O2/c1-10-11-12-13-30(37)38-29-18-20-34(7)27(32(29,4)5)17-21-36(9)28(34)15-14-26-31-25(3)24(2)16-19-33(31,6)22-23-35(26,36)8/h14,24-25,27-29,31H,10-13,15-23H2,1-9H3/t24-,25+,27+,28-,29+,31+,33-,34+,35-,36-/m1/s1. The fraction of sp³-hybridized carbons (Fsp3) is 0.917. The van der Waals surface area contributed by atoms with Crippen molar-refractivity contribution in [1.29, 1.82) is 0 Å². The fourth-order valence-electron chi connectivity index (χ4n) is 11.8. The van der Waals surface area contributed by atoms with E-state index in [1.807, 2.05) is 5.57 Å². The van der Waals surface area contributed by atoms with Crippen LogP contribution in [0.4, 0.5) is 0 Å². The normalized spacial score (nSPS) is 49.6. The Morgan fingerprint density at radius 2 is 1.63 bits per heavy atom. The van der Waals surface area contributed by atoms with Crippen LogP contribution in [-0.4, -0.2) is 12.1 Å². The number of rotatable bonds is 5. The summed E-state index contributed by atoms with van der Waals surface area (Å²) in [5.74, 6) is 3.80. The predicted octanol–water partition coefficient (Wildman–Crippen LogP) is 10.2. The second kappa shape index (κ2) is 9.65. The third kappa shape index (κ3) is 4.02. The van der Waals surface area contributed by atoms with Gasteiger partial charge in [-0.3, -0.25) is 4.79 Å². The first-order valence-electron chi connectivity index (χ1n) is 16.6. The van der Waals surface area contributed by atoms with E-state index in [-0.39, 0.29) is 17.5 Å². The fourth-order valence-corrected chi connectivity index (χ4v) is 11.8. The molecule has 0 bridgehead atoms. The highest BCUT2D eigenvalue weighted by molar-refractivity contribution is 5.69. The van der Waals surface area contributed by atoms with Gasteiger partial charge in [0.15, 0.2) is 0 Å². The number of allylic oxidation sites excluding steroid dienone is 2. The maximum atomic E-state index is 12.8. The van der Waals surface area contributed by atoms with Crippen LogP contribution in [0.2, 0.25) is 0 Å². The monoisotopic (exact) mass is 524 g/mol. The Bertz CT molecular complexity index is 947. The van der Waals surface area contributed by atoms with Crippen molar-refractivity contribution in [1.82, 2.24) is 0 Å². The molecule has 5 aliphatic carbocycles. The van der Waals surface area contributed by atoms with Gasteiger partial charge in [0.05, 0.1) is 0 Å². The zero-order valence-corrected chi connectivity index (χ0v) is 26.6. The zero-order chi connectivity index (χ0) is 27.7. The van der Waals surface area contributed by atoms with Crippen LogP contribution in [0.15, 0.2) is 11.6 Å². The number of hydrogen-bond acceptors (Lipinski definition) is 2. The highest BCUT2D eigenvalue weighted by Gasteiger charge is 2.68. The third-order valence-electron chi connectivity index (χ3n) is 14.6. The van der Waals surface area contributed by atoms with E-state index < -0.39 is 0 Å². The molecule has 0 aromatic rings. The molecule has 2 heteroatoms. The van der Waals surface area contributed by atoms with Crippen LogP contribution >= 0.6 is 0 Å². The van der Waals surface area contributed by atoms with Crippen molar-refractivity contribution in [3.05, 3.63) is 11.6 Å². The van der Waals surface area contributed by atoms with Gasteiger partial charge >= 0.3 is 5.97 Å². The summed E-state index contributed by atoms with van der Waals surface area (Å²) in [5.41, 5.74) is 3.43. The van der Waals surface area contributed by atoms with Gasteiger partial charge in [-0.15, -0.1) is 0 Å². The molecule has 4 saturated carbocycles. The minimum Gasteiger partial charge on any atom is -0.462 e. The molecule has 0 radical (unpaired) electrons. The molecule has 0 amide bonds. The highest BCUT2D eigenvalue weighted by atomic mass is 16.5. The summed E-state index contributed by atoms with van der Waals surface area (Å²) in [6.45, 7) is 22.9. The maximum Gasteiger partial charge on any atom is 0.306 e. The largest absolute Gasteiger partial charge is 0.462 e. The Labute approximate surface area is 235 Å². The summed E-state index contributed by atoms with van der Waals surface area (Å²) in [6.07, 6.45) is 18.5. The van der Waals surface area contributed by atoms with E-state index in [4.69, 9.17) is 4.74 Å². The number of hydrogen-bond donors (Lipinski definition) is 0. The molecule has 4 fully saturated rings. The van der Waals surface area contributed by atoms with Crippen molar-refractivity contribution in [2.45, 2.75) is 152 Å².